The number of aromatic nitrogens is 1. The average molecular weight is 820 g/mol. The lowest BCUT2D eigenvalue weighted by atomic mass is 9.35. The molecule has 0 saturated heterocycles. The van der Waals surface area contributed by atoms with Gasteiger partial charge in [-0.2, -0.15) is 0 Å². The molecule has 0 N–H and O–H groups in total. The van der Waals surface area contributed by atoms with Crippen molar-refractivity contribution in [2.75, 3.05) is 9.80 Å². The van der Waals surface area contributed by atoms with Crippen LogP contribution in [0.3, 0.4) is 0 Å². The molecule has 0 radical (unpaired) electrons. The van der Waals surface area contributed by atoms with Crippen LogP contribution in [0.25, 0.3) is 60.4 Å². The van der Waals surface area contributed by atoms with Gasteiger partial charge in [-0.25, -0.2) is 0 Å². The summed E-state index contributed by atoms with van der Waals surface area (Å²) in [4.78, 5) is 5.09. The van der Waals surface area contributed by atoms with Crippen LogP contribution in [0.15, 0.2) is 130 Å². The largest absolute Gasteiger partial charge is 0.468 e. The molecule has 0 unspecified atom stereocenters. The third-order valence-corrected chi connectivity index (χ3v) is 14.4. The Hall–Kier alpha value is -6.66. The van der Waals surface area contributed by atoms with E-state index in [2.05, 4.69) is 205 Å². The van der Waals surface area contributed by atoms with E-state index in [1.165, 1.54) is 77.7 Å². The number of hydrogen-bond donors (Lipinski definition) is 0. The van der Waals surface area contributed by atoms with E-state index in [0.29, 0.717) is 0 Å². The van der Waals surface area contributed by atoms with E-state index < -0.39 is 0 Å². The fourth-order valence-electron chi connectivity index (χ4n) is 11.2. The lowest BCUT2D eigenvalue weighted by Gasteiger charge is -2.45. The molecular weight excluding hydrogens is 769 g/mol. The van der Waals surface area contributed by atoms with E-state index in [0.717, 1.165) is 55.6 Å². The van der Waals surface area contributed by atoms with E-state index in [1.54, 1.807) is 0 Å². The van der Waals surface area contributed by atoms with Gasteiger partial charge in [-0.1, -0.05) is 117 Å². The Labute approximate surface area is 368 Å². The van der Waals surface area contributed by atoms with E-state index in [9.17, 15) is 0 Å². The summed E-state index contributed by atoms with van der Waals surface area (Å²) in [6.07, 6.45) is 0. The van der Waals surface area contributed by atoms with Crippen LogP contribution in [0.4, 0.5) is 34.1 Å². The summed E-state index contributed by atoms with van der Waals surface area (Å²) >= 11 is 0. The Kier molecular flexibility index (Phi) is 6.96. The van der Waals surface area contributed by atoms with Crippen molar-refractivity contribution in [3.05, 3.63) is 144 Å². The maximum Gasteiger partial charge on any atom is 0.297 e. The van der Waals surface area contributed by atoms with E-state index >= 15 is 0 Å². The molecule has 0 aliphatic carbocycles. The number of para-hydroxylation sites is 3. The van der Waals surface area contributed by atoms with Crippen molar-refractivity contribution in [2.45, 2.75) is 85.5 Å². The highest BCUT2D eigenvalue weighted by Gasteiger charge is 2.49. The van der Waals surface area contributed by atoms with E-state index in [4.69, 9.17) is 8.83 Å². The zero-order chi connectivity index (χ0) is 43.2. The van der Waals surface area contributed by atoms with Crippen molar-refractivity contribution in [1.29, 1.82) is 0 Å². The number of fused-ring (bicyclic) bond motifs is 14. The highest BCUT2D eigenvalue weighted by Crippen LogP contribution is 2.55. The van der Waals surface area contributed by atoms with E-state index in [1.807, 2.05) is 0 Å². The van der Waals surface area contributed by atoms with Crippen LogP contribution in [0.5, 0.6) is 0 Å². The number of anilines is 6. The molecule has 63 heavy (non-hydrogen) atoms. The standard InChI is InChI=1S/C57H50BN3O2/c1-31-25-44-49-45(26-31)61-46-30-34(57(8,9)10)29-38-37-27-32(55(2,3)4)21-23-41(37)59(50(38)46)42-18-14-17-40(52(42)61)58(49)54-51(39-28-33(56(5,6)7)22-24-48(39)63-54)60(44)43-19-13-16-36-35-15-11-12-20-47(35)62-53(36)43/h11-30H,1-10H3. The SMILES string of the molecule is Cc1cc2c3c(c1)N1c4c(cccc4-n4c5ccc(C(C)(C)C)cc5c5cc(C(C)(C)C)cc1c54)B3c1oc3ccc(C(C)(C)C)cc3c1N2c1cccc2c1oc1ccccc12. The summed E-state index contributed by atoms with van der Waals surface area (Å²) in [5.74, 6) is 0. The molecule has 0 spiro atoms. The van der Waals surface area contributed by atoms with Gasteiger partial charge in [-0.3, -0.25) is 0 Å². The zero-order valence-electron chi connectivity index (χ0n) is 37.8. The number of aryl methyl sites for hydroxylation is 1. The van der Waals surface area contributed by atoms with Crippen molar-refractivity contribution in [3.63, 3.8) is 0 Å². The first kappa shape index (κ1) is 36.9. The van der Waals surface area contributed by atoms with Gasteiger partial charge in [-0.05, 0) is 123 Å². The molecule has 6 heteroatoms. The second-order valence-electron chi connectivity index (χ2n) is 21.5. The average Bonchev–Trinajstić information content (AvgIpc) is 3.92. The number of furan rings is 2. The quantitative estimate of drug-likeness (QED) is 0.155. The van der Waals surface area contributed by atoms with Crippen LogP contribution in [0.1, 0.15) is 84.6 Å². The summed E-state index contributed by atoms with van der Waals surface area (Å²) in [5.41, 5.74) is 21.7. The summed E-state index contributed by atoms with van der Waals surface area (Å²) in [6, 6.07) is 45.7. The molecule has 0 amide bonds. The van der Waals surface area contributed by atoms with E-state index in [-0.39, 0.29) is 23.0 Å². The van der Waals surface area contributed by atoms with Gasteiger partial charge in [0.1, 0.15) is 11.2 Å². The maximum absolute atomic E-state index is 7.34. The number of nitrogens with zero attached hydrogens (tertiary/aromatic N) is 3. The van der Waals surface area contributed by atoms with Crippen LogP contribution in [-0.4, -0.2) is 11.3 Å². The monoisotopic (exact) mass is 819 g/mol. The first-order chi connectivity index (χ1) is 30.1. The summed E-state index contributed by atoms with van der Waals surface area (Å²) < 4.78 is 16.8. The van der Waals surface area contributed by atoms with Crippen molar-refractivity contribution in [3.8, 4) is 5.69 Å². The zero-order valence-corrected chi connectivity index (χ0v) is 37.8. The molecule has 7 aromatic carbocycles. The molecule has 5 nitrogen and oxygen atoms in total. The highest BCUT2D eigenvalue weighted by molar-refractivity contribution is 7.00. The molecular formula is C57H50BN3O2. The Morgan fingerprint density at radius 2 is 1.08 bits per heavy atom. The predicted octanol–water partition coefficient (Wildman–Crippen LogP) is 14.0. The highest BCUT2D eigenvalue weighted by atomic mass is 16.3. The molecule has 13 rings (SSSR count). The van der Waals surface area contributed by atoms with Gasteiger partial charge in [0.05, 0.1) is 45.1 Å². The Morgan fingerprint density at radius 3 is 1.83 bits per heavy atom. The molecule has 308 valence electrons. The van der Waals surface area contributed by atoms with Gasteiger partial charge in [0.25, 0.3) is 6.71 Å². The number of rotatable bonds is 1. The smallest absolute Gasteiger partial charge is 0.297 e. The fraction of sp³-hybridized carbons (Fsp3) is 0.228. The summed E-state index contributed by atoms with van der Waals surface area (Å²) in [5, 5.41) is 5.93. The molecule has 3 aliphatic heterocycles. The first-order valence-corrected chi connectivity index (χ1v) is 22.5. The molecule has 0 atom stereocenters. The molecule has 3 aromatic heterocycles. The van der Waals surface area contributed by atoms with Crippen LogP contribution in [0, 0.1) is 6.92 Å². The summed E-state index contributed by atoms with van der Waals surface area (Å²) in [7, 11) is 0. The minimum absolute atomic E-state index is 0.0130. The van der Waals surface area contributed by atoms with Crippen LogP contribution in [0.2, 0.25) is 0 Å². The molecule has 6 heterocycles. The maximum atomic E-state index is 7.34. The predicted molar refractivity (Wildman–Crippen MR) is 266 cm³/mol. The van der Waals surface area contributed by atoms with Crippen molar-refractivity contribution in [1.82, 2.24) is 4.57 Å². The van der Waals surface area contributed by atoms with Gasteiger partial charge < -0.3 is 23.2 Å². The molecule has 0 fully saturated rings. The third-order valence-electron chi connectivity index (χ3n) is 14.4. The van der Waals surface area contributed by atoms with Crippen LogP contribution in [-0.2, 0) is 16.2 Å². The molecule has 0 bridgehead atoms. The Bertz CT molecular complexity index is 3670. The molecule has 0 saturated carbocycles. The normalized spacial score (nSPS) is 14.4. The van der Waals surface area contributed by atoms with Gasteiger partial charge >= 0.3 is 0 Å². The first-order valence-electron chi connectivity index (χ1n) is 22.5. The van der Waals surface area contributed by atoms with Crippen LogP contribution < -0.4 is 26.4 Å². The lowest BCUT2D eigenvalue weighted by molar-refractivity contribution is 0.590. The molecule has 3 aliphatic rings. The second-order valence-corrected chi connectivity index (χ2v) is 21.5. The minimum atomic E-state index is -0.162. The Balaban J connectivity index is 1.19. The van der Waals surface area contributed by atoms with Gasteiger partial charge in [-0.15, -0.1) is 0 Å². The van der Waals surface area contributed by atoms with Crippen LogP contribution >= 0.6 is 0 Å². The summed E-state index contributed by atoms with van der Waals surface area (Å²) in [6.45, 7) is 22.9. The van der Waals surface area contributed by atoms with Gasteiger partial charge in [0.15, 0.2) is 5.58 Å². The minimum Gasteiger partial charge on any atom is -0.468 e. The fourth-order valence-corrected chi connectivity index (χ4v) is 11.2. The Morgan fingerprint density at radius 1 is 0.460 bits per heavy atom. The topological polar surface area (TPSA) is 37.7 Å². The van der Waals surface area contributed by atoms with Gasteiger partial charge in [0.2, 0.25) is 0 Å². The van der Waals surface area contributed by atoms with Crippen molar-refractivity contribution < 1.29 is 8.83 Å². The number of hydrogen-bond acceptors (Lipinski definition) is 4. The lowest BCUT2D eigenvalue weighted by Crippen LogP contribution is -2.61. The van der Waals surface area contributed by atoms with Gasteiger partial charge in [0, 0.05) is 38.3 Å². The van der Waals surface area contributed by atoms with Crippen molar-refractivity contribution >= 4 is 112 Å². The van der Waals surface area contributed by atoms with Crippen molar-refractivity contribution in [2.24, 2.45) is 0 Å². The molecule has 10 aromatic rings. The third kappa shape index (κ3) is 4.84. The number of benzene rings is 7. The second kappa shape index (κ2) is 11.9.